The molecule has 0 saturated heterocycles. The first-order chi connectivity index (χ1) is 17.1. The molecule has 208 valence electrons. The number of rotatable bonds is 12. The maximum Gasteiger partial charge on any atom is 0.168 e. The highest BCUT2D eigenvalue weighted by molar-refractivity contribution is 6.24. The number of allylic oxidation sites excluding steroid dienone is 4. The van der Waals surface area contributed by atoms with E-state index in [0.717, 1.165) is 30.7 Å². The number of aliphatic hydroxyl groups excluding tert-OH is 2. The average molecular weight is 515 g/mol. The third kappa shape index (κ3) is 9.54. The van der Waals surface area contributed by atoms with Crippen molar-refractivity contribution < 1.29 is 19.8 Å². The number of hydrogen-bond acceptors (Lipinski definition) is 6. The molecule has 0 bridgehead atoms. The van der Waals surface area contributed by atoms with E-state index in [9.17, 15) is 19.8 Å². The first-order valence-corrected chi connectivity index (χ1v) is 14.1. The lowest BCUT2D eigenvalue weighted by Crippen LogP contribution is -2.30. The van der Waals surface area contributed by atoms with Crippen LogP contribution in [0.1, 0.15) is 113 Å². The summed E-state index contributed by atoms with van der Waals surface area (Å²) in [7, 11) is 0. The molecule has 2 aliphatic carbocycles. The predicted octanol–water partition coefficient (Wildman–Crippen LogP) is 7.53. The Balaban J connectivity index is 2.02. The second-order valence-corrected chi connectivity index (χ2v) is 13.4. The number of aliphatic hydroxyl groups is 2. The Morgan fingerprint density at radius 3 is 1.32 bits per heavy atom. The van der Waals surface area contributed by atoms with Crippen molar-refractivity contribution >= 4 is 23.0 Å². The fraction of sp³-hybridized carbons (Fsp3) is 0.742. The Morgan fingerprint density at radius 1 is 0.676 bits per heavy atom. The first-order valence-electron chi connectivity index (χ1n) is 14.1. The van der Waals surface area contributed by atoms with Gasteiger partial charge in [-0.3, -0.25) is 19.6 Å². The number of Topliss-reactive ketones (excluding diaryl/α,β-unsaturated/α-hetero) is 2. The summed E-state index contributed by atoms with van der Waals surface area (Å²) < 4.78 is 0. The molecule has 0 spiro atoms. The van der Waals surface area contributed by atoms with E-state index in [1.807, 2.05) is 27.7 Å². The standard InChI is InChI=1S/C31H50N2O4/c1-20(2)14-22(28-24(34)16-30(5,6)17-25(28)35)32-12-10-9-11-13-33-23(15-21(3)4)29-26(36)18-31(7,8)19-27(29)37/h20-21,34,36H,9-19H2,1-8H3. The van der Waals surface area contributed by atoms with Gasteiger partial charge in [0.05, 0.1) is 11.1 Å². The Bertz CT molecular complexity index is 899. The highest BCUT2D eigenvalue weighted by atomic mass is 16.3. The normalized spacial score (nSPS) is 21.0. The van der Waals surface area contributed by atoms with Gasteiger partial charge in [-0.25, -0.2) is 0 Å². The summed E-state index contributed by atoms with van der Waals surface area (Å²) in [5.41, 5.74) is 1.95. The maximum absolute atomic E-state index is 12.8. The molecule has 6 heteroatoms. The monoisotopic (exact) mass is 514 g/mol. The number of unbranched alkanes of at least 4 members (excludes halogenated alkanes) is 2. The molecule has 2 N–H and O–H groups in total. The fourth-order valence-corrected chi connectivity index (χ4v) is 5.32. The number of aliphatic imine (C=N–C) groups is 2. The van der Waals surface area contributed by atoms with Crippen molar-refractivity contribution in [3.63, 3.8) is 0 Å². The van der Waals surface area contributed by atoms with Crippen LogP contribution in [0.15, 0.2) is 32.6 Å². The molecule has 0 unspecified atom stereocenters. The maximum atomic E-state index is 12.8. The van der Waals surface area contributed by atoms with Gasteiger partial charge in [-0.1, -0.05) is 55.4 Å². The molecule has 0 aromatic rings. The highest BCUT2D eigenvalue weighted by Crippen LogP contribution is 2.38. The van der Waals surface area contributed by atoms with Crippen LogP contribution in [0.2, 0.25) is 0 Å². The van der Waals surface area contributed by atoms with Gasteiger partial charge in [0.2, 0.25) is 0 Å². The van der Waals surface area contributed by atoms with Crippen LogP contribution in [-0.4, -0.2) is 46.3 Å². The van der Waals surface area contributed by atoms with Crippen molar-refractivity contribution in [1.29, 1.82) is 0 Å². The summed E-state index contributed by atoms with van der Waals surface area (Å²) in [4.78, 5) is 35.2. The topological polar surface area (TPSA) is 99.3 Å². The molecule has 37 heavy (non-hydrogen) atoms. The highest BCUT2D eigenvalue weighted by Gasteiger charge is 2.36. The van der Waals surface area contributed by atoms with Gasteiger partial charge in [-0.2, -0.15) is 0 Å². The van der Waals surface area contributed by atoms with E-state index in [0.29, 0.717) is 74.6 Å². The molecule has 6 nitrogen and oxygen atoms in total. The molecule has 2 aliphatic rings. The lowest BCUT2D eigenvalue weighted by molar-refractivity contribution is -0.118. The van der Waals surface area contributed by atoms with Crippen molar-refractivity contribution in [2.75, 3.05) is 13.1 Å². The molecule has 0 aromatic carbocycles. The Hall–Kier alpha value is -2.24. The van der Waals surface area contributed by atoms with E-state index < -0.39 is 0 Å². The third-order valence-electron chi connectivity index (χ3n) is 6.91. The summed E-state index contributed by atoms with van der Waals surface area (Å²) in [6.45, 7) is 17.7. The molecule has 0 aromatic heterocycles. The van der Waals surface area contributed by atoms with Gasteiger partial charge in [-0.15, -0.1) is 0 Å². The van der Waals surface area contributed by atoms with Crippen LogP contribution in [0, 0.1) is 22.7 Å². The van der Waals surface area contributed by atoms with E-state index >= 15 is 0 Å². The van der Waals surface area contributed by atoms with Crippen molar-refractivity contribution in [2.24, 2.45) is 32.7 Å². The van der Waals surface area contributed by atoms with Crippen LogP contribution in [0.5, 0.6) is 0 Å². The summed E-state index contributed by atoms with van der Waals surface area (Å²) in [6, 6.07) is 0. The average Bonchev–Trinajstić information content (AvgIpc) is 2.68. The van der Waals surface area contributed by atoms with Crippen molar-refractivity contribution in [1.82, 2.24) is 0 Å². The third-order valence-corrected chi connectivity index (χ3v) is 6.91. The molecule has 0 saturated carbocycles. The zero-order chi connectivity index (χ0) is 28.0. The minimum Gasteiger partial charge on any atom is -0.511 e. The number of carbonyl (C=O) groups is 2. The Labute approximate surface area is 224 Å². The predicted molar refractivity (Wildman–Crippen MR) is 153 cm³/mol. The van der Waals surface area contributed by atoms with Crippen LogP contribution in [0.25, 0.3) is 0 Å². The zero-order valence-corrected chi connectivity index (χ0v) is 24.5. The molecular formula is C31H50N2O4. The lowest BCUT2D eigenvalue weighted by Gasteiger charge is -2.30. The first kappa shape index (κ1) is 31.0. The Morgan fingerprint density at radius 2 is 1.03 bits per heavy atom. The Kier molecular flexibility index (Phi) is 10.9. The molecular weight excluding hydrogens is 464 g/mol. The fourth-order valence-electron chi connectivity index (χ4n) is 5.32. The summed E-state index contributed by atoms with van der Waals surface area (Å²) in [5, 5.41) is 21.3. The quantitative estimate of drug-likeness (QED) is 0.208. The smallest absolute Gasteiger partial charge is 0.168 e. The largest absolute Gasteiger partial charge is 0.511 e. The summed E-state index contributed by atoms with van der Waals surface area (Å²) in [6.07, 6.45) is 5.90. The van der Waals surface area contributed by atoms with E-state index in [1.54, 1.807) is 0 Å². The summed E-state index contributed by atoms with van der Waals surface area (Å²) in [5.74, 6) is 1.05. The molecule has 0 amide bonds. The number of carbonyl (C=O) groups excluding carboxylic acids is 2. The molecule has 0 heterocycles. The van der Waals surface area contributed by atoms with E-state index in [4.69, 9.17) is 9.98 Å². The van der Waals surface area contributed by atoms with Crippen LogP contribution >= 0.6 is 0 Å². The number of nitrogens with zero attached hydrogens (tertiary/aromatic N) is 2. The van der Waals surface area contributed by atoms with Gasteiger partial charge in [0.15, 0.2) is 11.6 Å². The van der Waals surface area contributed by atoms with Crippen LogP contribution < -0.4 is 0 Å². The minimum atomic E-state index is -0.214. The number of hydrogen-bond donors (Lipinski definition) is 2. The SMILES string of the molecule is CC(C)CC(=NCCCCCN=C(CC(C)C)C1=C(O)CC(C)(C)CC1=O)C1=C(O)CC(C)(C)CC1=O. The summed E-state index contributed by atoms with van der Waals surface area (Å²) >= 11 is 0. The van der Waals surface area contributed by atoms with Crippen molar-refractivity contribution in [3.8, 4) is 0 Å². The molecule has 0 radical (unpaired) electrons. The van der Waals surface area contributed by atoms with Gasteiger partial charge in [-0.05, 0) is 54.8 Å². The van der Waals surface area contributed by atoms with E-state index in [2.05, 4.69) is 27.7 Å². The number of ketones is 2. The van der Waals surface area contributed by atoms with Crippen LogP contribution in [0.4, 0.5) is 0 Å². The van der Waals surface area contributed by atoms with Crippen molar-refractivity contribution in [2.45, 2.75) is 113 Å². The molecule has 0 fully saturated rings. The van der Waals surface area contributed by atoms with Gasteiger partial charge >= 0.3 is 0 Å². The molecule has 0 atom stereocenters. The molecule has 2 rings (SSSR count). The van der Waals surface area contributed by atoms with E-state index in [1.165, 1.54) is 0 Å². The lowest BCUT2D eigenvalue weighted by atomic mass is 9.75. The minimum absolute atomic E-state index is 0.00151. The van der Waals surface area contributed by atoms with Gasteiger partial charge in [0.1, 0.15) is 11.5 Å². The van der Waals surface area contributed by atoms with Gasteiger partial charge < -0.3 is 10.2 Å². The van der Waals surface area contributed by atoms with Gasteiger partial charge in [0.25, 0.3) is 0 Å². The van der Waals surface area contributed by atoms with Crippen LogP contribution in [-0.2, 0) is 9.59 Å². The second-order valence-electron chi connectivity index (χ2n) is 13.4. The second kappa shape index (κ2) is 13.0. The van der Waals surface area contributed by atoms with E-state index in [-0.39, 0.29) is 33.9 Å². The van der Waals surface area contributed by atoms with Crippen LogP contribution in [0.3, 0.4) is 0 Å². The van der Waals surface area contributed by atoms with Crippen molar-refractivity contribution in [3.05, 3.63) is 22.7 Å². The van der Waals surface area contributed by atoms with Gasteiger partial charge in [0, 0.05) is 50.2 Å². The zero-order valence-electron chi connectivity index (χ0n) is 24.5. The molecule has 0 aliphatic heterocycles.